The van der Waals surface area contributed by atoms with E-state index >= 15 is 0 Å². The van der Waals surface area contributed by atoms with Crippen LogP contribution in [0.1, 0.15) is 18.1 Å². The van der Waals surface area contributed by atoms with Crippen LogP contribution in [0.5, 0.6) is 0 Å². The Morgan fingerprint density at radius 3 is 2.89 bits per heavy atom. The zero-order valence-corrected chi connectivity index (χ0v) is 10.3. The maximum atomic E-state index is 13.2. The maximum absolute atomic E-state index is 13.2. The van der Waals surface area contributed by atoms with Gasteiger partial charge in [0.15, 0.2) is 18.5 Å². The molecule has 1 aromatic rings. The Morgan fingerprint density at radius 2 is 2.21 bits per heavy atom. The topological polar surface area (TPSA) is 54.8 Å². The summed E-state index contributed by atoms with van der Waals surface area (Å²) in [4.78, 5) is 21.9. The number of carbonyl (C=O) groups excluding carboxylic acids is 1. The third-order valence-corrected chi connectivity index (χ3v) is 3.45. The summed E-state index contributed by atoms with van der Waals surface area (Å²) in [5.41, 5.74) is 0.849. The highest BCUT2D eigenvalue weighted by Gasteiger charge is 2.38. The summed E-state index contributed by atoms with van der Waals surface area (Å²) in [6, 6.07) is 2.97. The fraction of sp³-hybridized carbons (Fsp3) is 0.462. The Kier molecular flexibility index (Phi) is 3.15. The molecule has 1 aromatic heterocycles. The minimum Gasteiger partial charge on any atom is -0.473 e. The summed E-state index contributed by atoms with van der Waals surface area (Å²) in [6.45, 7) is 0.614. The van der Waals surface area contributed by atoms with Crippen LogP contribution in [0.15, 0.2) is 29.5 Å². The van der Waals surface area contributed by atoms with Crippen LogP contribution in [0.3, 0.4) is 0 Å². The van der Waals surface area contributed by atoms with Crippen molar-refractivity contribution in [1.29, 1.82) is 0 Å². The monoisotopic (exact) mass is 263 g/mol. The van der Waals surface area contributed by atoms with Crippen molar-refractivity contribution in [2.75, 3.05) is 13.1 Å². The largest absolute Gasteiger partial charge is 0.473 e. The van der Waals surface area contributed by atoms with Gasteiger partial charge in [0, 0.05) is 18.9 Å². The smallest absolute Gasteiger partial charge is 0.251 e. The molecule has 1 saturated heterocycles. The van der Waals surface area contributed by atoms with Crippen molar-refractivity contribution in [3.05, 3.63) is 30.1 Å². The van der Waals surface area contributed by atoms with Crippen molar-refractivity contribution in [3.8, 4) is 0 Å². The molecule has 0 unspecified atom stereocenters. The van der Waals surface area contributed by atoms with Crippen molar-refractivity contribution < 1.29 is 13.9 Å². The lowest BCUT2D eigenvalue weighted by Gasteiger charge is -2.22. The lowest BCUT2D eigenvalue weighted by Crippen LogP contribution is -2.39. The second-order valence-corrected chi connectivity index (χ2v) is 4.71. The molecule has 2 aliphatic heterocycles. The number of alkyl halides is 1. The average molecular weight is 263 g/mol. The van der Waals surface area contributed by atoms with Crippen molar-refractivity contribution in [2.45, 2.75) is 24.7 Å². The quantitative estimate of drug-likeness (QED) is 0.803. The molecule has 0 aromatic carbocycles. The van der Waals surface area contributed by atoms with Gasteiger partial charge in [-0.3, -0.25) is 9.78 Å². The third-order valence-electron chi connectivity index (χ3n) is 3.45. The first-order valence-electron chi connectivity index (χ1n) is 6.25. The van der Waals surface area contributed by atoms with Crippen LogP contribution in [0.2, 0.25) is 0 Å². The van der Waals surface area contributed by atoms with Crippen LogP contribution >= 0.6 is 0 Å². The molecule has 3 heterocycles. The van der Waals surface area contributed by atoms with Gasteiger partial charge in [0.05, 0.1) is 6.54 Å². The van der Waals surface area contributed by atoms with Gasteiger partial charge in [-0.2, -0.15) is 0 Å². The van der Waals surface area contributed by atoms with Gasteiger partial charge in [-0.1, -0.05) is 0 Å². The first-order chi connectivity index (χ1) is 9.25. The van der Waals surface area contributed by atoms with Gasteiger partial charge in [-0.25, -0.2) is 9.38 Å². The number of rotatable bonds is 2. The van der Waals surface area contributed by atoms with E-state index in [4.69, 9.17) is 4.74 Å². The maximum Gasteiger partial charge on any atom is 0.251 e. The van der Waals surface area contributed by atoms with Crippen molar-refractivity contribution in [2.24, 2.45) is 4.99 Å². The highest BCUT2D eigenvalue weighted by molar-refractivity contribution is 5.85. The molecule has 19 heavy (non-hydrogen) atoms. The molecule has 0 saturated carbocycles. The van der Waals surface area contributed by atoms with Gasteiger partial charge in [-0.05, 0) is 24.1 Å². The molecule has 0 spiro atoms. The van der Waals surface area contributed by atoms with Gasteiger partial charge in [-0.15, -0.1) is 0 Å². The van der Waals surface area contributed by atoms with E-state index in [0.717, 1.165) is 5.56 Å². The minimum atomic E-state index is -0.922. The van der Waals surface area contributed by atoms with Crippen LogP contribution < -0.4 is 0 Å². The van der Waals surface area contributed by atoms with Gasteiger partial charge < -0.3 is 9.64 Å². The first kappa shape index (κ1) is 12.1. The number of amides is 1. The van der Waals surface area contributed by atoms with E-state index < -0.39 is 18.3 Å². The molecule has 100 valence electrons. The zero-order chi connectivity index (χ0) is 13.2. The summed E-state index contributed by atoms with van der Waals surface area (Å²) in [5.74, 6) is -0.171. The van der Waals surface area contributed by atoms with E-state index in [-0.39, 0.29) is 12.5 Å². The predicted molar refractivity (Wildman–Crippen MR) is 66.4 cm³/mol. The van der Waals surface area contributed by atoms with Crippen LogP contribution in [0, 0.1) is 0 Å². The van der Waals surface area contributed by atoms with Crippen LogP contribution in [-0.4, -0.2) is 47.5 Å². The van der Waals surface area contributed by atoms with E-state index in [1.54, 1.807) is 24.5 Å². The summed E-state index contributed by atoms with van der Waals surface area (Å²) >= 11 is 0. The van der Waals surface area contributed by atoms with Crippen molar-refractivity contribution in [3.63, 3.8) is 0 Å². The third kappa shape index (κ3) is 2.30. The Balaban J connectivity index is 1.76. The normalized spacial score (nSPS) is 29.5. The summed E-state index contributed by atoms with van der Waals surface area (Å²) in [5, 5.41) is 0. The highest BCUT2D eigenvalue weighted by Crippen LogP contribution is 2.28. The van der Waals surface area contributed by atoms with Crippen molar-refractivity contribution in [1.82, 2.24) is 9.88 Å². The van der Waals surface area contributed by atoms with E-state index in [9.17, 15) is 9.18 Å². The first-order valence-corrected chi connectivity index (χ1v) is 6.25. The number of pyridine rings is 1. The van der Waals surface area contributed by atoms with Crippen LogP contribution in [0.25, 0.3) is 0 Å². The summed E-state index contributed by atoms with van der Waals surface area (Å²) < 4.78 is 18.6. The van der Waals surface area contributed by atoms with Gasteiger partial charge in [0.2, 0.25) is 0 Å². The lowest BCUT2D eigenvalue weighted by atomic mass is 10.0. The number of hydrogen-bond acceptors (Lipinski definition) is 4. The molecule has 0 radical (unpaired) electrons. The van der Waals surface area contributed by atoms with E-state index in [1.165, 1.54) is 11.3 Å². The molecule has 3 atom stereocenters. The Labute approximate surface area is 110 Å². The van der Waals surface area contributed by atoms with E-state index in [2.05, 4.69) is 9.98 Å². The molecule has 1 amide bonds. The zero-order valence-electron chi connectivity index (χ0n) is 10.3. The van der Waals surface area contributed by atoms with Gasteiger partial charge >= 0.3 is 0 Å². The average Bonchev–Trinajstić information content (AvgIpc) is 3.07. The molecule has 0 aliphatic carbocycles. The Hall–Kier alpha value is -1.98. The van der Waals surface area contributed by atoms with Crippen molar-refractivity contribution >= 4 is 12.3 Å². The molecule has 1 fully saturated rings. The van der Waals surface area contributed by atoms with E-state index in [0.29, 0.717) is 13.0 Å². The Morgan fingerprint density at radius 1 is 1.42 bits per heavy atom. The van der Waals surface area contributed by atoms with Crippen LogP contribution in [-0.2, 0) is 9.53 Å². The molecular weight excluding hydrogens is 249 g/mol. The number of carbonyl (C=O) groups is 1. The minimum absolute atomic E-state index is 0.161. The molecule has 2 aliphatic rings. The standard InChI is InChI=1S/C13H14FN3O2/c14-10-3-6-17(7-10)13(18)11-12(19-8-16-11)9-1-4-15-5-2-9/h1-2,4-5,8,10-12H,3,6-7H2/t10-,11-,12+/m0/s1. The van der Waals surface area contributed by atoms with E-state index in [1.807, 2.05) is 0 Å². The molecule has 5 nitrogen and oxygen atoms in total. The van der Waals surface area contributed by atoms with Gasteiger partial charge in [0.1, 0.15) is 6.17 Å². The number of halogens is 1. The molecule has 0 N–H and O–H groups in total. The fourth-order valence-electron chi connectivity index (χ4n) is 2.43. The number of nitrogens with zero attached hydrogens (tertiary/aromatic N) is 3. The molecule has 3 rings (SSSR count). The van der Waals surface area contributed by atoms with Gasteiger partial charge in [0.25, 0.3) is 5.91 Å². The lowest BCUT2D eigenvalue weighted by molar-refractivity contribution is -0.133. The Bertz CT molecular complexity index is 494. The fourth-order valence-corrected chi connectivity index (χ4v) is 2.43. The number of ether oxygens (including phenoxy) is 1. The number of aliphatic imine (C=N–C) groups is 1. The number of aromatic nitrogens is 1. The number of likely N-dealkylation sites (tertiary alicyclic amines) is 1. The molecule has 6 heteroatoms. The number of hydrogen-bond donors (Lipinski definition) is 0. The highest BCUT2D eigenvalue weighted by atomic mass is 19.1. The SMILES string of the molecule is O=C([C@H]1N=CO[C@@H]1c1ccncc1)N1CC[C@H](F)C1. The molecule has 0 bridgehead atoms. The van der Waals surface area contributed by atoms with Crippen LogP contribution in [0.4, 0.5) is 4.39 Å². The summed E-state index contributed by atoms with van der Waals surface area (Å²) in [6.07, 6.45) is 3.64. The second-order valence-electron chi connectivity index (χ2n) is 4.71. The molecular formula is C13H14FN3O2. The predicted octanol–water partition coefficient (Wildman–Crippen LogP) is 1.12. The second kappa shape index (κ2) is 4.95. The summed E-state index contributed by atoms with van der Waals surface area (Å²) in [7, 11) is 0.